The normalized spacial score (nSPS) is 15.2. The molecule has 0 bridgehead atoms. The van der Waals surface area contributed by atoms with Crippen LogP contribution in [0.5, 0.6) is 11.5 Å². The van der Waals surface area contributed by atoms with Crippen LogP contribution in [0.1, 0.15) is 17.6 Å². The summed E-state index contributed by atoms with van der Waals surface area (Å²) in [5.74, 6) is 2.61. The fraction of sp³-hybridized carbons (Fsp3) is 0.130. The zero-order chi connectivity index (χ0) is 19.5. The highest BCUT2D eigenvalue weighted by Gasteiger charge is 2.27. The second-order valence-corrected chi connectivity index (χ2v) is 7.55. The minimum Gasteiger partial charge on any atom is -0.485 e. The van der Waals surface area contributed by atoms with Crippen LogP contribution in [0.4, 0.5) is 0 Å². The number of thioether (sulfide) groups is 1. The molecule has 4 aromatic rings. The molecule has 1 aliphatic rings. The molecule has 1 atom stereocenters. The molecule has 1 aromatic heterocycles. The lowest BCUT2D eigenvalue weighted by molar-refractivity contribution is 0.0686. The molecule has 0 unspecified atom stereocenters. The van der Waals surface area contributed by atoms with Gasteiger partial charge in [0, 0.05) is 5.75 Å². The number of nitrogens with zero attached hydrogens (tertiary/aromatic N) is 2. The number of hydrogen-bond acceptors (Lipinski definition) is 6. The Kier molecular flexibility index (Phi) is 4.92. The third-order valence-corrected chi connectivity index (χ3v) is 5.52. The second-order valence-electron chi connectivity index (χ2n) is 6.62. The fourth-order valence-electron chi connectivity index (χ4n) is 3.12. The molecule has 29 heavy (non-hydrogen) atoms. The van der Waals surface area contributed by atoms with E-state index in [2.05, 4.69) is 46.6 Å². The Bertz CT molecular complexity index is 1100. The minimum atomic E-state index is -0.392. The molecule has 0 saturated heterocycles. The van der Waals surface area contributed by atoms with Crippen LogP contribution in [0.2, 0.25) is 0 Å². The first kappa shape index (κ1) is 17.8. The Hall–Kier alpha value is -3.25. The van der Waals surface area contributed by atoms with Crippen molar-refractivity contribution in [3.63, 3.8) is 0 Å². The zero-order valence-corrected chi connectivity index (χ0v) is 16.3. The fourth-order valence-corrected chi connectivity index (χ4v) is 3.84. The van der Waals surface area contributed by atoms with Gasteiger partial charge in [-0.1, -0.05) is 78.5 Å². The van der Waals surface area contributed by atoms with E-state index in [1.165, 1.54) is 28.5 Å². The van der Waals surface area contributed by atoms with Crippen molar-refractivity contribution >= 4 is 11.8 Å². The summed E-state index contributed by atoms with van der Waals surface area (Å²) in [4.78, 5) is 0. The van der Waals surface area contributed by atoms with Gasteiger partial charge in [0.05, 0.1) is 0 Å². The highest BCUT2D eigenvalue weighted by Crippen LogP contribution is 2.36. The van der Waals surface area contributed by atoms with Crippen LogP contribution < -0.4 is 9.47 Å². The Morgan fingerprint density at radius 3 is 2.34 bits per heavy atom. The predicted molar refractivity (Wildman–Crippen MR) is 111 cm³/mol. The van der Waals surface area contributed by atoms with Crippen LogP contribution in [0, 0.1) is 0 Å². The molecule has 0 fully saturated rings. The topological polar surface area (TPSA) is 57.4 Å². The first-order valence-corrected chi connectivity index (χ1v) is 10.3. The average molecular weight is 402 g/mol. The Morgan fingerprint density at radius 2 is 1.52 bits per heavy atom. The lowest BCUT2D eigenvalue weighted by Gasteiger charge is -2.23. The van der Waals surface area contributed by atoms with Crippen LogP contribution in [-0.4, -0.2) is 16.8 Å². The molecule has 0 saturated carbocycles. The van der Waals surface area contributed by atoms with Gasteiger partial charge >= 0.3 is 0 Å². The lowest BCUT2D eigenvalue weighted by Crippen LogP contribution is -2.21. The quantitative estimate of drug-likeness (QED) is 0.409. The number of para-hydroxylation sites is 2. The molecular formula is C23H18N2O3S. The third-order valence-electron chi connectivity index (χ3n) is 4.63. The smallest absolute Gasteiger partial charge is 0.277 e. The number of fused-ring (bicyclic) bond motifs is 1. The van der Waals surface area contributed by atoms with Crippen LogP contribution in [0.15, 0.2) is 88.5 Å². The highest BCUT2D eigenvalue weighted by atomic mass is 32.2. The van der Waals surface area contributed by atoms with Crippen molar-refractivity contribution in [2.75, 3.05) is 6.61 Å². The third kappa shape index (κ3) is 3.98. The summed E-state index contributed by atoms with van der Waals surface area (Å²) >= 11 is 1.51. The maximum absolute atomic E-state index is 5.92. The summed E-state index contributed by atoms with van der Waals surface area (Å²) in [6.07, 6.45) is -0.392. The van der Waals surface area contributed by atoms with Crippen molar-refractivity contribution in [3.05, 3.63) is 90.3 Å². The molecule has 2 heterocycles. The summed E-state index contributed by atoms with van der Waals surface area (Å²) in [7, 11) is 0. The molecule has 1 aliphatic heterocycles. The summed E-state index contributed by atoms with van der Waals surface area (Å²) in [6, 6.07) is 26.4. The first-order chi connectivity index (χ1) is 14.3. The van der Waals surface area contributed by atoms with E-state index in [4.69, 9.17) is 13.9 Å². The second kappa shape index (κ2) is 8.01. The molecule has 0 aliphatic carbocycles. The van der Waals surface area contributed by atoms with E-state index < -0.39 is 6.10 Å². The van der Waals surface area contributed by atoms with E-state index in [1.807, 2.05) is 42.5 Å². The number of ether oxygens (including phenoxy) is 2. The molecule has 3 aromatic carbocycles. The summed E-state index contributed by atoms with van der Waals surface area (Å²) in [5, 5.41) is 8.80. The Balaban J connectivity index is 1.21. The van der Waals surface area contributed by atoms with Gasteiger partial charge in [-0.05, 0) is 28.8 Å². The molecule has 0 amide bonds. The van der Waals surface area contributed by atoms with Gasteiger partial charge in [-0.15, -0.1) is 10.2 Å². The van der Waals surface area contributed by atoms with Gasteiger partial charge < -0.3 is 13.9 Å². The van der Waals surface area contributed by atoms with Crippen molar-refractivity contribution in [1.82, 2.24) is 10.2 Å². The largest absolute Gasteiger partial charge is 0.485 e. The van der Waals surface area contributed by atoms with Crippen LogP contribution in [-0.2, 0) is 5.75 Å². The molecule has 0 spiro atoms. The molecule has 144 valence electrons. The van der Waals surface area contributed by atoms with E-state index in [0.717, 1.165) is 11.5 Å². The summed E-state index contributed by atoms with van der Waals surface area (Å²) < 4.78 is 17.4. The number of aromatic nitrogens is 2. The van der Waals surface area contributed by atoms with Crippen molar-refractivity contribution in [2.45, 2.75) is 17.1 Å². The van der Waals surface area contributed by atoms with Crippen molar-refractivity contribution in [1.29, 1.82) is 0 Å². The monoisotopic (exact) mass is 402 g/mol. The summed E-state index contributed by atoms with van der Waals surface area (Å²) in [6.45, 7) is 0.351. The van der Waals surface area contributed by atoms with Gasteiger partial charge in [-0.2, -0.15) is 0 Å². The van der Waals surface area contributed by atoms with Crippen LogP contribution in [0.25, 0.3) is 11.1 Å². The lowest BCUT2D eigenvalue weighted by atomic mass is 10.0. The van der Waals surface area contributed by atoms with Crippen LogP contribution in [0.3, 0.4) is 0 Å². The van der Waals surface area contributed by atoms with E-state index in [1.54, 1.807) is 0 Å². The molecule has 0 N–H and O–H groups in total. The maximum atomic E-state index is 5.92. The van der Waals surface area contributed by atoms with Gasteiger partial charge in [-0.3, -0.25) is 0 Å². The molecule has 6 heteroatoms. The van der Waals surface area contributed by atoms with Gasteiger partial charge in [-0.25, -0.2) is 0 Å². The van der Waals surface area contributed by atoms with Crippen molar-refractivity contribution < 1.29 is 13.9 Å². The number of hydrogen-bond donors (Lipinski definition) is 0. The predicted octanol–water partition coefficient (Wildman–Crippen LogP) is 5.54. The molecule has 0 radical (unpaired) electrons. The standard InChI is InChI=1S/C23H18N2O3S/c1-2-6-17(7-3-1)18-12-10-16(11-13-18)15-29-23-25-24-22(28-23)21-14-26-19-8-4-5-9-20(19)27-21/h1-13,21H,14-15H2/t21-/m1/s1. The van der Waals surface area contributed by atoms with E-state index >= 15 is 0 Å². The minimum absolute atomic E-state index is 0.351. The maximum Gasteiger partial charge on any atom is 0.277 e. The average Bonchev–Trinajstić information content (AvgIpc) is 3.27. The van der Waals surface area contributed by atoms with Gasteiger partial charge in [0.1, 0.15) is 6.61 Å². The van der Waals surface area contributed by atoms with E-state index in [-0.39, 0.29) is 0 Å². The van der Waals surface area contributed by atoms with Gasteiger partial charge in [0.25, 0.3) is 11.1 Å². The number of rotatable bonds is 5. The molecular weight excluding hydrogens is 384 g/mol. The van der Waals surface area contributed by atoms with Crippen LogP contribution >= 0.6 is 11.8 Å². The van der Waals surface area contributed by atoms with Crippen molar-refractivity contribution in [2.24, 2.45) is 0 Å². The Morgan fingerprint density at radius 1 is 0.793 bits per heavy atom. The van der Waals surface area contributed by atoms with E-state index in [9.17, 15) is 0 Å². The summed E-state index contributed by atoms with van der Waals surface area (Å²) in [5.41, 5.74) is 3.61. The molecule has 5 rings (SSSR count). The molecule has 5 nitrogen and oxygen atoms in total. The first-order valence-electron chi connectivity index (χ1n) is 9.34. The Labute approximate surface area is 172 Å². The van der Waals surface area contributed by atoms with E-state index in [0.29, 0.717) is 23.5 Å². The zero-order valence-electron chi connectivity index (χ0n) is 15.5. The number of benzene rings is 3. The highest BCUT2D eigenvalue weighted by molar-refractivity contribution is 7.98. The SMILES string of the molecule is c1ccc(-c2ccc(CSc3nnc([C@H]4COc5ccccc5O4)o3)cc2)cc1. The van der Waals surface area contributed by atoms with Gasteiger partial charge in [0.2, 0.25) is 6.10 Å². The van der Waals surface area contributed by atoms with Gasteiger partial charge in [0.15, 0.2) is 11.5 Å². The van der Waals surface area contributed by atoms with Crippen molar-refractivity contribution in [3.8, 4) is 22.6 Å².